The van der Waals surface area contributed by atoms with Crippen molar-refractivity contribution in [3.05, 3.63) is 29.8 Å². The minimum Gasteiger partial charge on any atom is -0.491 e. The fourth-order valence-electron chi connectivity index (χ4n) is 2.73. The number of urea groups is 1. The van der Waals surface area contributed by atoms with Gasteiger partial charge in [0.2, 0.25) is 5.91 Å². The van der Waals surface area contributed by atoms with E-state index in [0.29, 0.717) is 13.2 Å². The fourth-order valence-corrected chi connectivity index (χ4v) is 2.73. The lowest BCUT2D eigenvalue weighted by molar-refractivity contribution is -0.137. The van der Waals surface area contributed by atoms with E-state index in [0.717, 1.165) is 17.7 Å². The number of primary amides is 1. The molecule has 1 aromatic carbocycles. The first kappa shape index (κ1) is 17.1. The number of amides is 3. The molecule has 0 fully saturated rings. The first-order valence-electron chi connectivity index (χ1n) is 8.01. The van der Waals surface area contributed by atoms with Crippen LogP contribution in [0.15, 0.2) is 24.3 Å². The number of hydrogen-bond acceptors (Lipinski definition) is 3. The van der Waals surface area contributed by atoms with Crippen LogP contribution in [0.25, 0.3) is 0 Å². The second kappa shape index (κ2) is 7.35. The van der Waals surface area contributed by atoms with Crippen molar-refractivity contribution in [3.8, 4) is 5.75 Å². The molecule has 1 aromatic rings. The molecule has 0 spiro atoms. The molecular weight excluding hydrogens is 294 g/mol. The molecule has 6 nitrogen and oxygen atoms in total. The van der Waals surface area contributed by atoms with Gasteiger partial charge >= 0.3 is 6.03 Å². The molecule has 0 radical (unpaired) electrons. The number of benzene rings is 1. The molecule has 23 heavy (non-hydrogen) atoms. The minimum absolute atomic E-state index is 0.00150. The first-order valence-corrected chi connectivity index (χ1v) is 8.01. The van der Waals surface area contributed by atoms with E-state index in [1.54, 1.807) is 4.90 Å². The van der Waals surface area contributed by atoms with Crippen LogP contribution in [0.2, 0.25) is 0 Å². The molecule has 0 aliphatic carbocycles. The normalized spacial score (nSPS) is 19.8. The quantitative estimate of drug-likeness (QED) is 0.888. The van der Waals surface area contributed by atoms with Crippen LogP contribution in [0, 0.1) is 5.92 Å². The summed E-state index contributed by atoms with van der Waals surface area (Å²) in [6.45, 7) is 6.75. The van der Waals surface area contributed by atoms with Crippen molar-refractivity contribution in [1.29, 1.82) is 0 Å². The van der Waals surface area contributed by atoms with Crippen LogP contribution in [-0.4, -0.2) is 35.5 Å². The third-order valence-corrected chi connectivity index (χ3v) is 4.39. The van der Waals surface area contributed by atoms with Crippen molar-refractivity contribution in [2.24, 2.45) is 11.7 Å². The van der Waals surface area contributed by atoms with E-state index in [4.69, 9.17) is 10.5 Å². The predicted octanol–water partition coefficient (Wildman–Crippen LogP) is 1.88. The highest BCUT2D eigenvalue weighted by atomic mass is 16.5. The van der Waals surface area contributed by atoms with Gasteiger partial charge in [-0.25, -0.2) is 4.79 Å². The Morgan fingerprint density at radius 1 is 1.43 bits per heavy atom. The van der Waals surface area contributed by atoms with Crippen LogP contribution in [-0.2, 0) is 11.3 Å². The lowest BCUT2D eigenvalue weighted by Gasteiger charge is -2.32. The summed E-state index contributed by atoms with van der Waals surface area (Å²) in [5, 5.41) is 2.60. The molecular formula is C17H25N3O3. The average Bonchev–Trinajstić information content (AvgIpc) is 2.70. The highest BCUT2D eigenvalue weighted by Gasteiger charge is 2.33. The zero-order valence-electron chi connectivity index (χ0n) is 13.9. The van der Waals surface area contributed by atoms with Gasteiger partial charge in [-0.3, -0.25) is 4.79 Å². The number of para-hydroxylation sites is 1. The summed E-state index contributed by atoms with van der Waals surface area (Å²) in [7, 11) is 0. The van der Waals surface area contributed by atoms with Crippen molar-refractivity contribution in [1.82, 2.24) is 10.2 Å². The van der Waals surface area contributed by atoms with Crippen molar-refractivity contribution in [2.75, 3.05) is 6.61 Å². The fraction of sp³-hybridized carbons (Fsp3) is 0.529. The Morgan fingerprint density at radius 3 is 2.78 bits per heavy atom. The number of nitrogens with two attached hydrogens (primary N) is 1. The number of nitrogens with one attached hydrogen (secondary N) is 1. The van der Waals surface area contributed by atoms with Crippen LogP contribution >= 0.6 is 0 Å². The third kappa shape index (κ3) is 3.94. The van der Waals surface area contributed by atoms with Crippen molar-refractivity contribution < 1.29 is 14.3 Å². The molecule has 3 amide bonds. The molecule has 0 bridgehead atoms. The number of ether oxygens (including phenoxy) is 1. The Bertz CT molecular complexity index is 576. The standard InChI is InChI=1S/C17H25N3O3/c1-4-11(2)15(19-17(18)22)16(21)20-9-13-7-5-6-8-14(13)23-10-12(20)3/h5-8,11-12,15H,4,9-10H2,1-3H3,(H3,18,19,22)/t11-,12+,15-/m0/s1. The summed E-state index contributed by atoms with van der Waals surface area (Å²) in [5.41, 5.74) is 6.21. The van der Waals surface area contributed by atoms with E-state index in [2.05, 4.69) is 5.32 Å². The molecule has 0 unspecified atom stereocenters. The molecule has 1 aliphatic heterocycles. The minimum atomic E-state index is -0.678. The van der Waals surface area contributed by atoms with E-state index >= 15 is 0 Å². The molecule has 1 heterocycles. The number of rotatable bonds is 4. The second-order valence-electron chi connectivity index (χ2n) is 6.11. The maximum atomic E-state index is 13.0. The van der Waals surface area contributed by atoms with Gasteiger partial charge in [-0.2, -0.15) is 0 Å². The van der Waals surface area contributed by atoms with Gasteiger partial charge in [0.25, 0.3) is 0 Å². The largest absolute Gasteiger partial charge is 0.491 e. The van der Waals surface area contributed by atoms with E-state index in [1.165, 1.54) is 0 Å². The Hall–Kier alpha value is -2.24. The van der Waals surface area contributed by atoms with Gasteiger partial charge in [0.1, 0.15) is 18.4 Å². The Labute approximate surface area is 137 Å². The summed E-state index contributed by atoms with van der Waals surface area (Å²) >= 11 is 0. The Balaban J connectivity index is 2.26. The zero-order chi connectivity index (χ0) is 17.0. The van der Waals surface area contributed by atoms with Gasteiger partial charge in [-0.15, -0.1) is 0 Å². The van der Waals surface area contributed by atoms with Gasteiger partial charge in [-0.1, -0.05) is 38.5 Å². The molecule has 3 N–H and O–H groups in total. The first-order chi connectivity index (χ1) is 10.9. The lowest BCUT2D eigenvalue weighted by Crippen LogP contribution is -2.55. The van der Waals surface area contributed by atoms with E-state index in [-0.39, 0.29) is 17.9 Å². The van der Waals surface area contributed by atoms with Crippen LogP contribution in [0.5, 0.6) is 5.75 Å². The zero-order valence-corrected chi connectivity index (χ0v) is 13.9. The number of fused-ring (bicyclic) bond motifs is 1. The second-order valence-corrected chi connectivity index (χ2v) is 6.11. The SMILES string of the molecule is CC[C@H](C)[C@H](NC(N)=O)C(=O)N1Cc2ccccc2OC[C@H]1C. The molecule has 1 aliphatic rings. The number of hydrogen-bond donors (Lipinski definition) is 2. The summed E-state index contributed by atoms with van der Waals surface area (Å²) in [4.78, 5) is 26.1. The maximum Gasteiger partial charge on any atom is 0.312 e. The lowest BCUT2D eigenvalue weighted by atomic mass is 9.97. The van der Waals surface area contributed by atoms with Gasteiger partial charge in [0.15, 0.2) is 0 Å². The van der Waals surface area contributed by atoms with Crippen molar-refractivity contribution >= 4 is 11.9 Å². The van der Waals surface area contributed by atoms with Crippen LogP contribution in [0.3, 0.4) is 0 Å². The van der Waals surface area contributed by atoms with Gasteiger partial charge in [0, 0.05) is 12.1 Å². The number of carbonyl (C=O) groups is 2. The smallest absolute Gasteiger partial charge is 0.312 e. The van der Waals surface area contributed by atoms with Gasteiger partial charge in [0.05, 0.1) is 6.04 Å². The highest BCUT2D eigenvalue weighted by Crippen LogP contribution is 2.26. The van der Waals surface area contributed by atoms with Crippen LogP contribution in [0.4, 0.5) is 4.79 Å². The van der Waals surface area contributed by atoms with Crippen LogP contribution < -0.4 is 15.8 Å². The van der Waals surface area contributed by atoms with E-state index in [1.807, 2.05) is 45.0 Å². The monoisotopic (exact) mass is 319 g/mol. The average molecular weight is 319 g/mol. The molecule has 0 saturated heterocycles. The van der Waals surface area contributed by atoms with Crippen LogP contribution in [0.1, 0.15) is 32.8 Å². The summed E-state index contributed by atoms with van der Waals surface area (Å²) in [6.07, 6.45) is 0.770. The number of carbonyl (C=O) groups excluding carboxylic acids is 2. The molecule has 3 atom stereocenters. The van der Waals surface area contributed by atoms with Gasteiger partial charge < -0.3 is 20.7 Å². The molecule has 0 aromatic heterocycles. The summed E-state index contributed by atoms with van der Waals surface area (Å²) in [6, 6.07) is 6.31. The molecule has 0 saturated carbocycles. The van der Waals surface area contributed by atoms with E-state index < -0.39 is 12.1 Å². The predicted molar refractivity (Wildman–Crippen MR) is 87.9 cm³/mol. The van der Waals surface area contributed by atoms with Gasteiger partial charge in [-0.05, 0) is 18.9 Å². The topological polar surface area (TPSA) is 84.7 Å². The van der Waals surface area contributed by atoms with Crippen molar-refractivity contribution in [2.45, 2.75) is 45.8 Å². The number of nitrogens with zero attached hydrogens (tertiary/aromatic N) is 1. The molecule has 6 heteroatoms. The maximum absolute atomic E-state index is 13.0. The van der Waals surface area contributed by atoms with Crippen molar-refractivity contribution in [3.63, 3.8) is 0 Å². The molecule has 2 rings (SSSR count). The Morgan fingerprint density at radius 2 is 2.13 bits per heavy atom. The molecule has 126 valence electrons. The summed E-state index contributed by atoms with van der Waals surface area (Å²) in [5.74, 6) is 0.685. The van der Waals surface area contributed by atoms with E-state index in [9.17, 15) is 9.59 Å². The Kier molecular flexibility index (Phi) is 5.47. The third-order valence-electron chi connectivity index (χ3n) is 4.39. The summed E-state index contributed by atoms with van der Waals surface area (Å²) < 4.78 is 5.78. The highest BCUT2D eigenvalue weighted by molar-refractivity contribution is 5.87.